The summed E-state index contributed by atoms with van der Waals surface area (Å²) in [5.41, 5.74) is 2.83. The molecule has 29 heavy (non-hydrogen) atoms. The Balaban J connectivity index is 1.57. The highest BCUT2D eigenvalue weighted by atomic mass is 16.2. The first-order chi connectivity index (χ1) is 14.1. The number of imidazole rings is 1. The third kappa shape index (κ3) is 4.08. The summed E-state index contributed by atoms with van der Waals surface area (Å²) in [5.74, 6) is 0.557. The summed E-state index contributed by atoms with van der Waals surface area (Å²) >= 11 is 0. The van der Waals surface area contributed by atoms with E-state index in [0.29, 0.717) is 11.4 Å². The number of aromatic nitrogens is 4. The number of H-pyrrole nitrogens is 1. The molecule has 0 aliphatic rings. The first kappa shape index (κ1) is 18.6. The van der Waals surface area contributed by atoms with Crippen molar-refractivity contribution in [3.63, 3.8) is 0 Å². The summed E-state index contributed by atoms with van der Waals surface area (Å²) in [4.78, 5) is 32.7. The number of para-hydroxylation sites is 1. The van der Waals surface area contributed by atoms with Crippen LogP contribution in [-0.2, 0) is 6.42 Å². The molecule has 2 aromatic carbocycles. The minimum absolute atomic E-state index is 0.154. The van der Waals surface area contributed by atoms with Gasteiger partial charge in [-0.2, -0.15) is 9.78 Å². The van der Waals surface area contributed by atoms with E-state index >= 15 is 0 Å². The highest BCUT2D eigenvalue weighted by molar-refractivity contribution is 6.03. The van der Waals surface area contributed by atoms with E-state index in [1.165, 1.54) is 16.8 Å². The van der Waals surface area contributed by atoms with E-state index in [0.717, 1.165) is 36.1 Å². The third-order valence-electron chi connectivity index (χ3n) is 4.59. The molecule has 4 aromatic rings. The Labute approximate surface area is 167 Å². The number of hydrogen-bond acceptors (Lipinski definition) is 4. The molecule has 7 nitrogen and oxygen atoms in total. The molecular weight excluding hydrogens is 366 g/mol. The van der Waals surface area contributed by atoms with Crippen molar-refractivity contribution in [2.75, 3.05) is 5.32 Å². The molecule has 146 valence electrons. The predicted octanol–water partition coefficient (Wildman–Crippen LogP) is 3.70. The lowest BCUT2D eigenvalue weighted by Crippen LogP contribution is -2.24. The van der Waals surface area contributed by atoms with Crippen LogP contribution in [0.15, 0.2) is 65.5 Å². The maximum absolute atomic E-state index is 12.7. The van der Waals surface area contributed by atoms with Crippen LogP contribution in [0.4, 0.5) is 5.69 Å². The normalized spacial score (nSPS) is 10.9. The van der Waals surface area contributed by atoms with E-state index in [2.05, 4.69) is 27.3 Å². The summed E-state index contributed by atoms with van der Waals surface area (Å²) in [5, 5.41) is 7.05. The largest absolute Gasteiger partial charge is 0.342 e. The zero-order valence-electron chi connectivity index (χ0n) is 16.1. The average Bonchev–Trinajstić information content (AvgIpc) is 3.15. The second kappa shape index (κ2) is 8.10. The smallest absolute Gasteiger partial charge is 0.276 e. The molecule has 2 aromatic heterocycles. The molecule has 0 saturated carbocycles. The van der Waals surface area contributed by atoms with Crippen molar-refractivity contribution in [1.29, 1.82) is 0 Å². The number of carbonyl (C=O) groups excluding carboxylic acids is 1. The van der Waals surface area contributed by atoms with Gasteiger partial charge in [-0.25, -0.2) is 4.98 Å². The summed E-state index contributed by atoms with van der Waals surface area (Å²) in [7, 11) is 0. The van der Waals surface area contributed by atoms with Crippen molar-refractivity contribution >= 4 is 22.6 Å². The van der Waals surface area contributed by atoms with Crippen molar-refractivity contribution in [3.8, 4) is 5.69 Å². The zero-order chi connectivity index (χ0) is 20.2. The number of anilines is 1. The first-order valence-electron chi connectivity index (χ1n) is 9.60. The van der Waals surface area contributed by atoms with Gasteiger partial charge in [-0.15, -0.1) is 0 Å². The fraction of sp³-hybridized carbons (Fsp3) is 0.182. The van der Waals surface area contributed by atoms with Gasteiger partial charge in [-0.3, -0.25) is 9.59 Å². The molecule has 0 unspecified atom stereocenters. The second-order valence-corrected chi connectivity index (χ2v) is 6.78. The van der Waals surface area contributed by atoms with E-state index in [1.54, 1.807) is 18.2 Å². The molecule has 2 heterocycles. The molecule has 0 fully saturated rings. The van der Waals surface area contributed by atoms with Crippen LogP contribution in [0.25, 0.3) is 16.7 Å². The fourth-order valence-corrected chi connectivity index (χ4v) is 3.08. The zero-order valence-corrected chi connectivity index (χ0v) is 16.1. The number of nitrogens with zero attached hydrogens (tertiary/aromatic N) is 3. The van der Waals surface area contributed by atoms with Gasteiger partial charge in [0.2, 0.25) is 0 Å². The number of amides is 1. The van der Waals surface area contributed by atoms with Gasteiger partial charge in [0, 0.05) is 18.2 Å². The minimum atomic E-state index is -0.389. The summed E-state index contributed by atoms with van der Waals surface area (Å²) in [6.45, 7) is 2.14. The molecule has 0 spiro atoms. The lowest BCUT2D eigenvalue weighted by molar-refractivity contribution is 0.102. The molecule has 1 amide bonds. The highest BCUT2D eigenvalue weighted by Crippen LogP contribution is 2.18. The number of fused-ring (bicyclic) bond motifs is 1. The van der Waals surface area contributed by atoms with E-state index < -0.39 is 0 Å². The van der Waals surface area contributed by atoms with Gasteiger partial charge < -0.3 is 10.3 Å². The maximum Gasteiger partial charge on any atom is 0.276 e. The van der Waals surface area contributed by atoms with Gasteiger partial charge in [0.15, 0.2) is 0 Å². The molecule has 0 radical (unpaired) electrons. The minimum Gasteiger partial charge on any atom is -0.342 e. The molecule has 0 saturated heterocycles. The highest BCUT2D eigenvalue weighted by Gasteiger charge is 2.12. The average molecular weight is 387 g/mol. The first-order valence-corrected chi connectivity index (χ1v) is 9.60. The van der Waals surface area contributed by atoms with Gasteiger partial charge in [0.1, 0.15) is 11.5 Å². The number of carbonyl (C=O) groups is 1. The lowest BCUT2D eigenvalue weighted by Gasteiger charge is -2.08. The summed E-state index contributed by atoms with van der Waals surface area (Å²) < 4.78 is 1.22. The quantitative estimate of drug-likeness (QED) is 0.528. The Kier molecular flexibility index (Phi) is 5.20. The Bertz CT molecular complexity index is 1210. The van der Waals surface area contributed by atoms with Crippen molar-refractivity contribution in [2.24, 2.45) is 0 Å². The van der Waals surface area contributed by atoms with Gasteiger partial charge in [-0.1, -0.05) is 31.5 Å². The van der Waals surface area contributed by atoms with Crippen molar-refractivity contribution in [2.45, 2.75) is 26.2 Å². The van der Waals surface area contributed by atoms with Gasteiger partial charge in [-0.05, 0) is 42.8 Å². The Morgan fingerprint density at radius 3 is 2.72 bits per heavy atom. The van der Waals surface area contributed by atoms with Crippen molar-refractivity contribution < 1.29 is 4.79 Å². The van der Waals surface area contributed by atoms with E-state index in [9.17, 15) is 9.59 Å². The Hall–Kier alpha value is -3.74. The van der Waals surface area contributed by atoms with E-state index in [-0.39, 0.29) is 17.2 Å². The van der Waals surface area contributed by atoms with E-state index in [4.69, 9.17) is 0 Å². The number of benzene rings is 2. The van der Waals surface area contributed by atoms with Crippen molar-refractivity contribution in [1.82, 2.24) is 19.7 Å². The van der Waals surface area contributed by atoms with Crippen LogP contribution >= 0.6 is 0 Å². The summed E-state index contributed by atoms with van der Waals surface area (Å²) in [6, 6.07) is 17.3. The molecule has 4 rings (SSSR count). The fourth-order valence-electron chi connectivity index (χ4n) is 3.08. The van der Waals surface area contributed by atoms with E-state index in [1.807, 2.05) is 30.3 Å². The van der Waals surface area contributed by atoms with Gasteiger partial charge >= 0.3 is 0 Å². The number of aromatic amines is 1. The number of aryl methyl sites for hydroxylation is 1. The van der Waals surface area contributed by atoms with Crippen LogP contribution < -0.4 is 10.9 Å². The number of unbranched alkanes of at least 4 members (excludes halogenated alkanes) is 1. The SMILES string of the molecule is CCCCc1nc2ccc(NC(=O)c3ccc(=O)n(-c4ccccc4)n3)cc2[nH]1. The summed E-state index contributed by atoms with van der Waals surface area (Å²) in [6.07, 6.45) is 3.08. The van der Waals surface area contributed by atoms with Crippen LogP contribution in [0.3, 0.4) is 0 Å². The number of nitrogens with one attached hydrogen (secondary N) is 2. The molecule has 0 atom stereocenters. The van der Waals surface area contributed by atoms with Crippen LogP contribution in [0.2, 0.25) is 0 Å². The topological polar surface area (TPSA) is 92.7 Å². The molecule has 0 aliphatic heterocycles. The van der Waals surface area contributed by atoms with Gasteiger partial charge in [0.25, 0.3) is 11.5 Å². The maximum atomic E-state index is 12.7. The Morgan fingerprint density at radius 2 is 1.93 bits per heavy atom. The van der Waals surface area contributed by atoms with Crippen LogP contribution in [0.1, 0.15) is 36.1 Å². The van der Waals surface area contributed by atoms with Crippen molar-refractivity contribution in [3.05, 3.63) is 82.5 Å². The lowest BCUT2D eigenvalue weighted by atomic mass is 10.2. The molecule has 0 aliphatic carbocycles. The second-order valence-electron chi connectivity index (χ2n) is 6.78. The van der Waals surface area contributed by atoms with Gasteiger partial charge in [0.05, 0.1) is 16.7 Å². The number of hydrogen-bond donors (Lipinski definition) is 2. The monoisotopic (exact) mass is 387 g/mol. The third-order valence-corrected chi connectivity index (χ3v) is 4.59. The Morgan fingerprint density at radius 1 is 1.10 bits per heavy atom. The number of rotatable bonds is 6. The molecule has 7 heteroatoms. The predicted molar refractivity (Wildman–Crippen MR) is 112 cm³/mol. The molecule has 2 N–H and O–H groups in total. The van der Waals surface area contributed by atoms with Crippen LogP contribution in [0, 0.1) is 0 Å². The molecular formula is C22H21N5O2. The standard InChI is InChI=1S/C22H21N5O2/c1-2-3-9-20-24-17-11-10-15(14-19(17)25-20)23-22(29)18-12-13-21(28)27(26-18)16-7-5-4-6-8-16/h4-8,10-14H,2-3,9H2,1H3,(H,23,29)(H,24,25). The van der Waals surface area contributed by atoms with Crippen LogP contribution in [-0.4, -0.2) is 25.7 Å². The van der Waals surface area contributed by atoms with Crippen LogP contribution in [0.5, 0.6) is 0 Å². The molecule has 0 bridgehead atoms.